The monoisotopic (exact) mass is 691 g/mol. The normalized spacial score (nSPS) is 24.2. The maximum atomic E-state index is 14.2. The Balaban J connectivity index is 1.17. The van der Waals surface area contributed by atoms with E-state index in [0.29, 0.717) is 29.4 Å². The van der Waals surface area contributed by atoms with E-state index in [2.05, 4.69) is 57.5 Å². The number of unbranched alkanes of at least 4 members (excludes halogenated alkanes) is 1. The zero-order chi connectivity index (χ0) is 36.3. The number of benzene rings is 3. The Morgan fingerprint density at radius 1 is 0.843 bits per heavy atom. The van der Waals surface area contributed by atoms with Crippen molar-refractivity contribution in [1.82, 2.24) is 16.0 Å². The number of nitrogens with one attached hydrogen (secondary N) is 3. The predicted octanol–water partition coefficient (Wildman–Crippen LogP) is 7.02. The Hall–Kier alpha value is -3.95. The molecular formula is C42H54BN3O5. The van der Waals surface area contributed by atoms with Crippen molar-refractivity contribution in [2.75, 3.05) is 6.54 Å². The molecule has 4 aliphatic rings. The lowest BCUT2D eigenvalue weighted by molar-refractivity contribution is -0.199. The summed E-state index contributed by atoms with van der Waals surface area (Å²) in [4.78, 5) is 41.1. The van der Waals surface area contributed by atoms with Gasteiger partial charge in [0.05, 0.1) is 17.6 Å². The highest BCUT2D eigenvalue weighted by Gasteiger charge is 2.68. The summed E-state index contributed by atoms with van der Waals surface area (Å²) in [5, 5.41) is 9.01. The summed E-state index contributed by atoms with van der Waals surface area (Å²) in [6.45, 7) is 13.1. The quantitative estimate of drug-likeness (QED) is 0.158. The summed E-state index contributed by atoms with van der Waals surface area (Å²) in [6, 6.07) is 23.8. The lowest BCUT2D eigenvalue weighted by Gasteiger charge is -2.64. The first-order valence-corrected chi connectivity index (χ1v) is 18.9. The van der Waals surface area contributed by atoms with Crippen LogP contribution in [0.4, 0.5) is 0 Å². The lowest BCUT2D eigenvalue weighted by Crippen LogP contribution is -2.65. The van der Waals surface area contributed by atoms with Crippen LogP contribution in [0, 0.1) is 23.2 Å². The first kappa shape index (κ1) is 36.8. The van der Waals surface area contributed by atoms with E-state index in [1.807, 2.05) is 54.6 Å². The van der Waals surface area contributed by atoms with E-state index in [-0.39, 0.29) is 35.8 Å². The van der Waals surface area contributed by atoms with Gasteiger partial charge in [0.25, 0.3) is 11.8 Å². The molecule has 3 amide bonds. The largest absolute Gasteiger partial charge is 0.481 e. The third-order valence-corrected chi connectivity index (χ3v) is 11.7. The van der Waals surface area contributed by atoms with Gasteiger partial charge in [-0.2, -0.15) is 0 Å². The molecule has 1 saturated heterocycles. The zero-order valence-electron chi connectivity index (χ0n) is 31.0. The van der Waals surface area contributed by atoms with Gasteiger partial charge in [0.2, 0.25) is 5.91 Å². The van der Waals surface area contributed by atoms with Crippen molar-refractivity contribution in [3.63, 3.8) is 0 Å². The number of hydrogen-bond donors (Lipinski definition) is 3. The van der Waals surface area contributed by atoms with Crippen LogP contribution in [-0.4, -0.2) is 55.1 Å². The average Bonchev–Trinajstić information content (AvgIpc) is 3.49. The Morgan fingerprint density at radius 2 is 1.49 bits per heavy atom. The van der Waals surface area contributed by atoms with Crippen LogP contribution in [0.2, 0.25) is 0 Å². The van der Waals surface area contributed by atoms with Crippen LogP contribution in [0.5, 0.6) is 0 Å². The Labute approximate surface area is 304 Å². The smallest absolute Gasteiger partial charge is 0.404 e. The summed E-state index contributed by atoms with van der Waals surface area (Å²) >= 11 is 0. The minimum atomic E-state index is -1.04. The molecule has 3 saturated carbocycles. The molecular weight excluding hydrogens is 637 g/mol. The topological polar surface area (TPSA) is 106 Å². The van der Waals surface area contributed by atoms with Crippen molar-refractivity contribution in [2.24, 2.45) is 23.2 Å². The fraction of sp³-hybridized carbons (Fsp3) is 0.500. The molecule has 9 heteroatoms. The summed E-state index contributed by atoms with van der Waals surface area (Å²) in [5.74, 6) is -0.287. The maximum Gasteiger partial charge on any atom is 0.481 e. The summed E-state index contributed by atoms with van der Waals surface area (Å²) < 4.78 is 13.4. The summed E-state index contributed by atoms with van der Waals surface area (Å²) in [6.07, 6.45) is 5.82. The van der Waals surface area contributed by atoms with Crippen LogP contribution in [0.3, 0.4) is 0 Å². The second-order valence-corrected chi connectivity index (χ2v) is 16.1. The van der Waals surface area contributed by atoms with Crippen LogP contribution < -0.4 is 16.0 Å². The molecule has 270 valence electrons. The van der Waals surface area contributed by atoms with Gasteiger partial charge in [0, 0.05) is 17.7 Å². The maximum absolute atomic E-state index is 14.2. The SMILES string of the molecule is CCCCc1ccc(C(=O)N[C@@H](CNC(=O)c2ccc(-c3ccccc3)cc2)C(=O)N[C@@H](CC(C)C)B2O[C@@H]3C[C@H]4C[C@H](C4(C)C)[C@]3(C)O2)cc1. The van der Waals surface area contributed by atoms with Crippen molar-refractivity contribution >= 4 is 24.8 Å². The molecule has 0 aromatic heterocycles. The fourth-order valence-corrected chi connectivity index (χ4v) is 8.50. The molecule has 51 heavy (non-hydrogen) atoms. The molecule has 7 rings (SSSR count). The molecule has 0 radical (unpaired) electrons. The predicted molar refractivity (Wildman–Crippen MR) is 202 cm³/mol. The van der Waals surface area contributed by atoms with Crippen molar-refractivity contribution in [3.05, 3.63) is 95.6 Å². The number of carbonyl (C=O) groups excluding carboxylic acids is 3. The summed E-state index contributed by atoms with van der Waals surface area (Å²) in [5.41, 5.74) is 3.92. The van der Waals surface area contributed by atoms with E-state index in [4.69, 9.17) is 9.31 Å². The second-order valence-electron chi connectivity index (χ2n) is 16.1. The molecule has 2 bridgehead atoms. The van der Waals surface area contributed by atoms with Crippen molar-refractivity contribution < 1.29 is 23.7 Å². The van der Waals surface area contributed by atoms with E-state index in [1.165, 1.54) is 0 Å². The zero-order valence-corrected chi connectivity index (χ0v) is 31.0. The number of amides is 3. The van der Waals surface area contributed by atoms with E-state index in [0.717, 1.165) is 48.8 Å². The lowest BCUT2D eigenvalue weighted by atomic mass is 9.43. The average molecular weight is 692 g/mol. The second kappa shape index (κ2) is 15.3. The minimum Gasteiger partial charge on any atom is -0.404 e. The number of hydrogen-bond acceptors (Lipinski definition) is 5. The highest BCUT2D eigenvalue weighted by molar-refractivity contribution is 6.48. The van der Waals surface area contributed by atoms with E-state index >= 15 is 0 Å². The fourth-order valence-electron chi connectivity index (χ4n) is 8.50. The molecule has 0 spiro atoms. The number of aryl methyl sites for hydroxylation is 1. The van der Waals surface area contributed by atoms with Gasteiger partial charge >= 0.3 is 7.12 Å². The van der Waals surface area contributed by atoms with Gasteiger partial charge in [-0.15, -0.1) is 0 Å². The Kier molecular flexibility index (Phi) is 11.1. The molecule has 1 aliphatic heterocycles. The van der Waals surface area contributed by atoms with Gasteiger partial charge in [-0.3, -0.25) is 14.4 Å². The van der Waals surface area contributed by atoms with Crippen LogP contribution in [0.1, 0.15) is 99.9 Å². The highest BCUT2D eigenvalue weighted by Crippen LogP contribution is 2.65. The molecule has 6 atom stereocenters. The molecule has 4 fully saturated rings. The molecule has 3 aromatic rings. The first-order chi connectivity index (χ1) is 24.4. The van der Waals surface area contributed by atoms with Gasteiger partial charge in [0.15, 0.2) is 0 Å². The highest BCUT2D eigenvalue weighted by atomic mass is 16.7. The molecule has 3 N–H and O–H groups in total. The molecule has 3 aliphatic carbocycles. The molecule has 1 heterocycles. The van der Waals surface area contributed by atoms with Crippen molar-refractivity contribution in [1.29, 1.82) is 0 Å². The van der Waals surface area contributed by atoms with E-state index < -0.39 is 30.6 Å². The van der Waals surface area contributed by atoms with Crippen LogP contribution in [-0.2, 0) is 20.5 Å². The van der Waals surface area contributed by atoms with Gasteiger partial charge < -0.3 is 25.3 Å². The van der Waals surface area contributed by atoms with Crippen LogP contribution in [0.25, 0.3) is 11.1 Å². The van der Waals surface area contributed by atoms with Crippen molar-refractivity contribution in [3.8, 4) is 11.1 Å². The number of rotatable bonds is 14. The van der Waals surface area contributed by atoms with Crippen molar-refractivity contribution in [2.45, 2.75) is 104 Å². The minimum absolute atomic E-state index is 0.0193. The molecule has 3 aromatic carbocycles. The molecule has 8 nitrogen and oxygen atoms in total. The summed E-state index contributed by atoms with van der Waals surface area (Å²) in [7, 11) is -0.605. The van der Waals surface area contributed by atoms with Gasteiger partial charge in [-0.05, 0) is 103 Å². The molecule has 0 unspecified atom stereocenters. The van der Waals surface area contributed by atoms with Gasteiger partial charge in [-0.1, -0.05) is 95.6 Å². The Bertz CT molecular complexity index is 1680. The number of carbonyl (C=O) groups is 3. The third kappa shape index (κ3) is 7.95. The standard InChI is InChI=1S/C42H54BN3O5/c1-7-8-12-28-15-17-32(18-16-28)39(48)45-34(26-44-38(47)31-21-19-30(20-22-31)29-13-10-9-11-14-29)40(49)46-37(23-27(2)3)43-50-36-25-33-24-35(41(33,4)5)42(36,6)51-43/h9-11,13-22,27,33-37H,7-8,12,23-26H2,1-6H3,(H,44,47)(H,45,48)(H,46,49)/t33-,34+,35-,36-,37+,42+/m1/s1. The van der Waals surface area contributed by atoms with Gasteiger partial charge in [-0.25, -0.2) is 0 Å². The third-order valence-electron chi connectivity index (χ3n) is 11.7. The van der Waals surface area contributed by atoms with Crippen LogP contribution >= 0.6 is 0 Å². The van der Waals surface area contributed by atoms with Gasteiger partial charge in [0.1, 0.15) is 6.04 Å². The van der Waals surface area contributed by atoms with Crippen LogP contribution in [0.15, 0.2) is 78.9 Å². The Morgan fingerprint density at radius 3 is 2.14 bits per heavy atom. The van der Waals surface area contributed by atoms with E-state index in [9.17, 15) is 14.4 Å². The van der Waals surface area contributed by atoms with E-state index in [1.54, 1.807) is 24.3 Å². The first-order valence-electron chi connectivity index (χ1n) is 18.9.